The van der Waals surface area contributed by atoms with Crippen molar-refractivity contribution in [2.75, 3.05) is 26.5 Å². The fraction of sp³-hybridized carbons (Fsp3) is 1.00. The van der Waals surface area contributed by atoms with E-state index in [1.54, 1.807) is 0 Å². The van der Waals surface area contributed by atoms with Gasteiger partial charge >= 0.3 is 0 Å². The maximum atomic E-state index is 10.8. The van der Waals surface area contributed by atoms with Gasteiger partial charge in [-0.1, -0.05) is 25.7 Å². The Hall–Kier alpha value is 0.160. The van der Waals surface area contributed by atoms with Gasteiger partial charge in [0.05, 0.1) is 12.9 Å². The second kappa shape index (κ2) is 9.97. The number of hydrogen-bond donors (Lipinski definition) is 1. The van der Waals surface area contributed by atoms with E-state index in [2.05, 4.69) is 5.32 Å². The molecule has 0 aromatic rings. The number of hydrogen-bond acceptors (Lipinski definition) is 4. The Bertz CT molecular complexity index is 314. The predicted molar refractivity (Wildman–Crippen MR) is 81.3 cm³/mol. The fourth-order valence-electron chi connectivity index (χ4n) is 2.74. The van der Waals surface area contributed by atoms with Crippen LogP contribution in [-0.4, -0.2) is 34.9 Å². The van der Waals surface area contributed by atoms with Gasteiger partial charge in [-0.15, -0.1) is 12.4 Å². The van der Waals surface area contributed by atoms with Crippen molar-refractivity contribution in [2.45, 2.75) is 44.9 Å². The molecule has 1 fully saturated rings. The van der Waals surface area contributed by atoms with Gasteiger partial charge in [0.1, 0.15) is 0 Å². The molecule has 0 aliphatic heterocycles. The number of rotatable bonds is 8. The quantitative estimate of drug-likeness (QED) is 0.553. The third kappa shape index (κ3) is 9.66. The van der Waals surface area contributed by atoms with Gasteiger partial charge in [-0.2, -0.15) is 8.42 Å². The second-order valence-corrected chi connectivity index (χ2v) is 7.09. The molecule has 0 unspecified atom stereocenters. The summed E-state index contributed by atoms with van der Waals surface area (Å²) in [6, 6.07) is 0. The van der Waals surface area contributed by atoms with Crippen molar-refractivity contribution in [3.63, 3.8) is 0 Å². The zero-order valence-corrected chi connectivity index (χ0v) is 13.7. The average molecular weight is 314 g/mol. The second-order valence-electron chi connectivity index (χ2n) is 5.45. The molecule has 0 radical (unpaired) electrons. The minimum atomic E-state index is -3.25. The van der Waals surface area contributed by atoms with Crippen LogP contribution in [0.25, 0.3) is 0 Å². The van der Waals surface area contributed by atoms with Gasteiger partial charge in [-0.3, -0.25) is 4.18 Å². The van der Waals surface area contributed by atoms with Gasteiger partial charge in [0.25, 0.3) is 10.1 Å². The SMILES string of the molecule is CNCC[C@H]1CC[C@H](CCCOS(C)(=O)=O)CC1.Cl. The Morgan fingerprint density at radius 3 is 2.11 bits per heavy atom. The first kappa shape index (κ1) is 19.2. The lowest BCUT2D eigenvalue weighted by molar-refractivity contribution is 0.232. The largest absolute Gasteiger partial charge is 0.320 e. The van der Waals surface area contributed by atoms with Crippen LogP contribution in [-0.2, 0) is 14.3 Å². The van der Waals surface area contributed by atoms with E-state index in [9.17, 15) is 8.42 Å². The monoisotopic (exact) mass is 313 g/mol. The predicted octanol–water partition coefficient (Wildman–Crippen LogP) is 2.58. The topological polar surface area (TPSA) is 55.4 Å². The van der Waals surface area contributed by atoms with E-state index >= 15 is 0 Å². The lowest BCUT2D eigenvalue weighted by Crippen LogP contribution is -2.19. The third-order valence-electron chi connectivity index (χ3n) is 3.82. The van der Waals surface area contributed by atoms with E-state index < -0.39 is 10.1 Å². The van der Waals surface area contributed by atoms with E-state index in [-0.39, 0.29) is 12.4 Å². The Morgan fingerprint density at radius 2 is 1.63 bits per heavy atom. The molecular weight excluding hydrogens is 286 g/mol. The molecule has 1 aliphatic rings. The highest BCUT2D eigenvalue weighted by atomic mass is 35.5. The molecule has 1 aliphatic carbocycles. The zero-order chi connectivity index (χ0) is 13.4. The zero-order valence-electron chi connectivity index (χ0n) is 12.1. The lowest BCUT2D eigenvalue weighted by atomic mass is 9.79. The summed E-state index contributed by atoms with van der Waals surface area (Å²) in [6.07, 6.45) is 9.63. The summed E-state index contributed by atoms with van der Waals surface area (Å²) in [5.41, 5.74) is 0. The van der Waals surface area contributed by atoms with E-state index in [4.69, 9.17) is 4.18 Å². The van der Waals surface area contributed by atoms with Crippen LogP contribution in [0.4, 0.5) is 0 Å². The molecule has 1 saturated carbocycles. The minimum Gasteiger partial charge on any atom is -0.320 e. The van der Waals surface area contributed by atoms with Crippen molar-refractivity contribution in [1.29, 1.82) is 0 Å². The van der Waals surface area contributed by atoms with Crippen molar-refractivity contribution in [3.05, 3.63) is 0 Å². The molecule has 0 aromatic heterocycles. The Balaban J connectivity index is 0.00000324. The molecule has 0 heterocycles. The van der Waals surface area contributed by atoms with Gasteiger partial charge in [0.15, 0.2) is 0 Å². The van der Waals surface area contributed by atoms with E-state index in [1.807, 2.05) is 7.05 Å². The maximum absolute atomic E-state index is 10.8. The molecule has 19 heavy (non-hydrogen) atoms. The first-order chi connectivity index (χ1) is 8.51. The highest BCUT2D eigenvalue weighted by molar-refractivity contribution is 7.85. The highest BCUT2D eigenvalue weighted by Crippen LogP contribution is 2.32. The summed E-state index contributed by atoms with van der Waals surface area (Å²) in [5.74, 6) is 1.67. The van der Waals surface area contributed by atoms with Crippen LogP contribution in [0, 0.1) is 11.8 Å². The summed E-state index contributed by atoms with van der Waals surface area (Å²) in [5, 5.41) is 3.21. The molecule has 6 heteroatoms. The molecule has 4 nitrogen and oxygen atoms in total. The molecule has 1 rings (SSSR count). The smallest absolute Gasteiger partial charge is 0.264 e. The van der Waals surface area contributed by atoms with E-state index in [1.165, 1.54) is 32.1 Å². The van der Waals surface area contributed by atoms with Crippen LogP contribution in [0.15, 0.2) is 0 Å². The summed E-state index contributed by atoms with van der Waals surface area (Å²) in [7, 11) is -1.25. The summed E-state index contributed by atoms with van der Waals surface area (Å²) < 4.78 is 26.4. The summed E-state index contributed by atoms with van der Waals surface area (Å²) in [4.78, 5) is 0. The van der Waals surface area contributed by atoms with E-state index in [0.29, 0.717) is 6.61 Å². The molecule has 0 bridgehead atoms. The first-order valence-electron chi connectivity index (χ1n) is 7.00. The summed E-state index contributed by atoms with van der Waals surface area (Å²) >= 11 is 0. The van der Waals surface area contributed by atoms with Crippen LogP contribution in [0.5, 0.6) is 0 Å². The molecular formula is C13H28ClNO3S. The van der Waals surface area contributed by atoms with Crippen molar-refractivity contribution >= 4 is 22.5 Å². The van der Waals surface area contributed by atoms with Gasteiger partial charge in [0.2, 0.25) is 0 Å². The molecule has 0 spiro atoms. The van der Waals surface area contributed by atoms with Crippen molar-refractivity contribution < 1.29 is 12.6 Å². The van der Waals surface area contributed by atoms with Gasteiger partial charge in [0, 0.05) is 0 Å². The van der Waals surface area contributed by atoms with Gasteiger partial charge in [-0.05, 0) is 44.7 Å². The molecule has 0 atom stereocenters. The van der Waals surface area contributed by atoms with Crippen LogP contribution in [0.3, 0.4) is 0 Å². The number of nitrogens with one attached hydrogen (secondary N) is 1. The maximum Gasteiger partial charge on any atom is 0.264 e. The van der Waals surface area contributed by atoms with Crippen molar-refractivity contribution in [3.8, 4) is 0 Å². The van der Waals surface area contributed by atoms with Crippen LogP contribution in [0.2, 0.25) is 0 Å². The van der Waals surface area contributed by atoms with Gasteiger partial charge in [-0.25, -0.2) is 0 Å². The lowest BCUT2D eigenvalue weighted by Gasteiger charge is -2.28. The van der Waals surface area contributed by atoms with E-state index in [0.717, 1.165) is 37.5 Å². The van der Waals surface area contributed by atoms with Gasteiger partial charge < -0.3 is 5.32 Å². The normalized spacial score (nSPS) is 23.9. The minimum absolute atomic E-state index is 0. The number of halogens is 1. The fourth-order valence-corrected chi connectivity index (χ4v) is 3.16. The average Bonchev–Trinajstić information content (AvgIpc) is 2.32. The van der Waals surface area contributed by atoms with Crippen LogP contribution < -0.4 is 5.32 Å². The highest BCUT2D eigenvalue weighted by Gasteiger charge is 2.20. The summed E-state index contributed by atoms with van der Waals surface area (Å²) in [6.45, 7) is 1.47. The Morgan fingerprint density at radius 1 is 1.11 bits per heavy atom. The van der Waals surface area contributed by atoms with Crippen LogP contribution in [0.1, 0.15) is 44.9 Å². The molecule has 116 valence electrons. The molecule has 1 N–H and O–H groups in total. The Kier molecular flexibility index (Phi) is 10.1. The molecule has 0 saturated heterocycles. The third-order valence-corrected chi connectivity index (χ3v) is 4.42. The van der Waals surface area contributed by atoms with Crippen molar-refractivity contribution in [2.24, 2.45) is 11.8 Å². The molecule has 0 amide bonds. The Labute approximate surface area is 124 Å². The standard InChI is InChI=1S/C13H27NO3S.ClH/c1-14-10-9-13-7-5-12(6-8-13)4-3-11-17-18(2,15)16;/h12-14H,3-11H2,1-2H3;1H/t12-,13-;. The molecule has 0 aromatic carbocycles. The first-order valence-corrected chi connectivity index (χ1v) is 8.82. The van der Waals surface area contributed by atoms with Crippen LogP contribution >= 0.6 is 12.4 Å². The van der Waals surface area contributed by atoms with Crippen molar-refractivity contribution in [1.82, 2.24) is 5.32 Å².